The lowest BCUT2D eigenvalue weighted by Gasteiger charge is -2.42. The molecule has 1 aromatic carbocycles. The van der Waals surface area contributed by atoms with Crippen molar-refractivity contribution in [1.29, 1.82) is 0 Å². The van der Waals surface area contributed by atoms with Gasteiger partial charge in [0.2, 0.25) is 5.91 Å². The molecule has 0 bridgehead atoms. The molecule has 0 saturated carbocycles. The van der Waals surface area contributed by atoms with E-state index in [2.05, 4.69) is 10.3 Å². The van der Waals surface area contributed by atoms with Gasteiger partial charge in [0.1, 0.15) is 0 Å². The van der Waals surface area contributed by atoms with Crippen LogP contribution in [0.5, 0.6) is 0 Å². The number of hydrogen-bond donors (Lipinski definition) is 1. The highest BCUT2D eigenvalue weighted by Gasteiger charge is 2.45. The van der Waals surface area contributed by atoms with Crippen LogP contribution in [0.2, 0.25) is 0 Å². The maximum Gasteiger partial charge on any atom is 0.254 e. The third kappa shape index (κ3) is 5.05. The van der Waals surface area contributed by atoms with E-state index in [9.17, 15) is 9.59 Å². The van der Waals surface area contributed by atoms with Crippen LogP contribution in [0.1, 0.15) is 33.3 Å². The molecular weight excluding hydrogens is 378 g/mol. The summed E-state index contributed by atoms with van der Waals surface area (Å²) >= 11 is 0. The molecule has 30 heavy (non-hydrogen) atoms. The first-order valence-electron chi connectivity index (χ1n) is 10.5. The van der Waals surface area contributed by atoms with E-state index in [1.165, 1.54) is 0 Å². The van der Waals surface area contributed by atoms with Crippen LogP contribution in [0, 0.1) is 5.92 Å². The molecule has 1 unspecified atom stereocenters. The Hall–Kier alpha value is -2.73. The van der Waals surface area contributed by atoms with Crippen molar-refractivity contribution in [3.05, 3.63) is 54.4 Å². The second kappa shape index (κ2) is 9.39. The van der Waals surface area contributed by atoms with Gasteiger partial charge in [-0.25, -0.2) is 0 Å². The lowest BCUT2D eigenvalue weighted by molar-refractivity contribution is -0.167. The average Bonchev–Trinajstić information content (AvgIpc) is 2.74. The van der Waals surface area contributed by atoms with Crippen molar-refractivity contribution in [2.75, 3.05) is 19.7 Å². The van der Waals surface area contributed by atoms with Gasteiger partial charge in [0.05, 0.1) is 13.2 Å². The number of amides is 2. The van der Waals surface area contributed by atoms with Crippen molar-refractivity contribution < 1.29 is 14.3 Å². The lowest BCUT2D eigenvalue weighted by atomic mass is 9.90. The third-order valence-corrected chi connectivity index (χ3v) is 5.26. The molecule has 1 aliphatic rings. The van der Waals surface area contributed by atoms with Crippen molar-refractivity contribution in [2.45, 2.75) is 45.8 Å². The third-order valence-electron chi connectivity index (χ3n) is 5.26. The Bertz CT molecular complexity index is 865. The Labute approximate surface area is 178 Å². The van der Waals surface area contributed by atoms with Gasteiger partial charge in [-0.3, -0.25) is 14.6 Å². The summed E-state index contributed by atoms with van der Waals surface area (Å²) in [7, 11) is 0. The number of carbonyl (C=O) groups is 2. The van der Waals surface area contributed by atoms with Gasteiger partial charge in [-0.2, -0.15) is 0 Å². The number of nitrogens with one attached hydrogen (secondary N) is 1. The summed E-state index contributed by atoms with van der Waals surface area (Å²) in [5, 5.41) is 2.99. The van der Waals surface area contributed by atoms with Gasteiger partial charge in [-0.1, -0.05) is 44.2 Å². The Morgan fingerprint density at radius 1 is 1.13 bits per heavy atom. The summed E-state index contributed by atoms with van der Waals surface area (Å²) in [5.74, 6) is -0.241. The second-order valence-electron chi connectivity index (χ2n) is 8.50. The van der Waals surface area contributed by atoms with E-state index in [4.69, 9.17) is 4.74 Å². The zero-order valence-corrected chi connectivity index (χ0v) is 18.2. The standard InChI is InChI=1S/C24H31N3O3/c1-17(2)22(28)27-12-13-30-24(16-27,23(29)26-18(3)4)14-19-7-9-20(10-8-19)21-6-5-11-25-15-21/h5-11,15,17-18H,12-14,16H2,1-4H3,(H,26,29). The summed E-state index contributed by atoms with van der Waals surface area (Å²) in [4.78, 5) is 31.7. The molecule has 3 rings (SSSR count). The predicted molar refractivity (Wildman–Crippen MR) is 117 cm³/mol. The Balaban J connectivity index is 1.85. The number of morpholine rings is 1. The van der Waals surface area contributed by atoms with Crippen molar-refractivity contribution in [3.8, 4) is 11.1 Å². The van der Waals surface area contributed by atoms with Crippen LogP contribution >= 0.6 is 0 Å². The number of carbonyl (C=O) groups excluding carboxylic acids is 2. The van der Waals surface area contributed by atoms with Crippen molar-refractivity contribution in [1.82, 2.24) is 15.2 Å². The molecule has 1 aromatic heterocycles. The van der Waals surface area contributed by atoms with Gasteiger partial charge in [0.25, 0.3) is 5.91 Å². The fraction of sp³-hybridized carbons (Fsp3) is 0.458. The van der Waals surface area contributed by atoms with Gasteiger partial charge < -0.3 is 15.0 Å². The maximum absolute atomic E-state index is 13.2. The number of benzene rings is 1. The number of ether oxygens (including phenoxy) is 1. The normalized spacial score (nSPS) is 19.2. The molecule has 0 aliphatic carbocycles. The first kappa shape index (κ1) is 22.0. The molecule has 1 N–H and O–H groups in total. The zero-order valence-electron chi connectivity index (χ0n) is 18.2. The average molecular weight is 410 g/mol. The van der Waals surface area contributed by atoms with Gasteiger partial charge in [0, 0.05) is 37.3 Å². The molecule has 160 valence electrons. The van der Waals surface area contributed by atoms with Crippen molar-refractivity contribution in [3.63, 3.8) is 0 Å². The molecule has 1 fully saturated rings. The predicted octanol–water partition coefficient (Wildman–Crippen LogP) is 3.07. The molecule has 6 nitrogen and oxygen atoms in total. The Morgan fingerprint density at radius 3 is 2.47 bits per heavy atom. The SMILES string of the molecule is CC(C)NC(=O)C1(Cc2ccc(-c3cccnc3)cc2)CN(C(=O)C(C)C)CCO1. The summed E-state index contributed by atoms with van der Waals surface area (Å²) in [6.07, 6.45) is 3.98. The van der Waals surface area contributed by atoms with Gasteiger partial charge in [0.15, 0.2) is 5.60 Å². The Kier molecular flexibility index (Phi) is 6.87. The van der Waals surface area contributed by atoms with Crippen LogP contribution in [-0.2, 0) is 20.7 Å². The van der Waals surface area contributed by atoms with Gasteiger partial charge in [-0.05, 0) is 36.6 Å². The number of hydrogen-bond acceptors (Lipinski definition) is 4. The topological polar surface area (TPSA) is 71.5 Å². The van der Waals surface area contributed by atoms with E-state index in [0.717, 1.165) is 16.7 Å². The number of pyridine rings is 1. The molecule has 2 aromatic rings. The minimum Gasteiger partial charge on any atom is -0.361 e. The first-order chi connectivity index (χ1) is 14.3. The summed E-state index contributed by atoms with van der Waals surface area (Å²) in [5.41, 5.74) is 2.00. The lowest BCUT2D eigenvalue weighted by Crippen LogP contribution is -2.63. The second-order valence-corrected chi connectivity index (χ2v) is 8.50. The largest absolute Gasteiger partial charge is 0.361 e. The van der Waals surface area contributed by atoms with E-state index in [-0.39, 0.29) is 30.3 Å². The quantitative estimate of drug-likeness (QED) is 0.796. The molecule has 2 amide bonds. The molecule has 1 aliphatic heterocycles. The maximum atomic E-state index is 13.2. The van der Waals surface area contributed by atoms with E-state index >= 15 is 0 Å². The summed E-state index contributed by atoms with van der Waals surface area (Å²) in [6, 6.07) is 12.0. The molecular formula is C24H31N3O3. The zero-order chi connectivity index (χ0) is 21.7. The molecule has 2 heterocycles. The number of aromatic nitrogens is 1. The van der Waals surface area contributed by atoms with E-state index < -0.39 is 5.60 Å². The van der Waals surface area contributed by atoms with E-state index in [0.29, 0.717) is 19.6 Å². The van der Waals surface area contributed by atoms with Crippen molar-refractivity contribution in [2.24, 2.45) is 5.92 Å². The molecule has 1 saturated heterocycles. The number of rotatable bonds is 6. The van der Waals surface area contributed by atoms with Gasteiger partial charge in [-0.15, -0.1) is 0 Å². The van der Waals surface area contributed by atoms with Crippen LogP contribution in [-0.4, -0.2) is 53.0 Å². The fourth-order valence-electron chi connectivity index (χ4n) is 3.73. The van der Waals surface area contributed by atoms with Gasteiger partial charge >= 0.3 is 0 Å². The molecule has 1 atom stereocenters. The van der Waals surface area contributed by atoms with Crippen molar-refractivity contribution >= 4 is 11.8 Å². The summed E-state index contributed by atoms with van der Waals surface area (Å²) in [6.45, 7) is 8.72. The minimum absolute atomic E-state index is 0.0119. The molecule has 6 heteroatoms. The highest BCUT2D eigenvalue weighted by Crippen LogP contribution is 2.27. The van der Waals surface area contributed by atoms with E-state index in [1.54, 1.807) is 11.1 Å². The highest BCUT2D eigenvalue weighted by molar-refractivity contribution is 5.88. The van der Waals surface area contributed by atoms with Crippen LogP contribution in [0.4, 0.5) is 0 Å². The fourth-order valence-corrected chi connectivity index (χ4v) is 3.73. The Morgan fingerprint density at radius 2 is 1.87 bits per heavy atom. The van der Waals surface area contributed by atoms with Crippen LogP contribution in [0.3, 0.4) is 0 Å². The van der Waals surface area contributed by atoms with E-state index in [1.807, 2.05) is 70.3 Å². The smallest absolute Gasteiger partial charge is 0.254 e. The van der Waals surface area contributed by atoms with Crippen LogP contribution in [0.15, 0.2) is 48.8 Å². The minimum atomic E-state index is -1.09. The molecule has 0 radical (unpaired) electrons. The van der Waals surface area contributed by atoms with Crippen LogP contribution in [0.25, 0.3) is 11.1 Å². The number of nitrogens with zero attached hydrogens (tertiary/aromatic N) is 2. The first-order valence-corrected chi connectivity index (χ1v) is 10.5. The highest BCUT2D eigenvalue weighted by atomic mass is 16.5. The monoisotopic (exact) mass is 409 g/mol. The summed E-state index contributed by atoms with van der Waals surface area (Å²) < 4.78 is 6.09. The molecule has 0 spiro atoms. The van der Waals surface area contributed by atoms with Crippen LogP contribution < -0.4 is 5.32 Å².